The predicted molar refractivity (Wildman–Crippen MR) is 36.4 cm³/mol. The van der Waals surface area contributed by atoms with Gasteiger partial charge in [-0.25, -0.2) is 5.32 Å². The zero-order valence-corrected chi connectivity index (χ0v) is 5.64. The first-order chi connectivity index (χ1) is 4.47. The van der Waals surface area contributed by atoms with Gasteiger partial charge in [-0.1, -0.05) is 0 Å². The summed E-state index contributed by atoms with van der Waals surface area (Å²) < 4.78 is 0. The van der Waals surface area contributed by atoms with E-state index < -0.39 is 0 Å². The second kappa shape index (κ2) is 2.27. The van der Waals surface area contributed by atoms with E-state index in [4.69, 9.17) is 0 Å². The normalized spacial score (nSPS) is 42.7. The quantitative estimate of drug-likeness (QED) is 0.489. The lowest BCUT2D eigenvalue weighted by molar-refractivity contribution is 0.362. The number of piperidine rings is 1. The third-order valence-corrected chi connectivity index (χ3v) is 2.35. The maximum atomic E-state index is 4.50. The van der Waals surface area contributed by atoms with Crippen molar-refractivity contribution in [3.63, 3.8) is 0 Å². The first-order valence-corrected chi connectivity index (χ1v) is 3.87. The minimum atomic E-state index is 0.679. The van der Waals surface area contributed by atoms with Crippen LogP contribution < -0.4 is 10.6 Å². The second-order valence-corrected chi connectivity index (χ2v) is 2.97. The Morgan fingerprint density at radius 1 is 1.33 bits per heavy atom. The molecule has 2 heteroatoms. The maximum Gasteiger partial charge on any atom is 0.0400 e. The van der Waals surface area contributed by atoms with Gasteiger partial charge >= 0.3 is 0 Å². The van der Waals surface area contributed by atoms with Gasteiger partial charge in [0, 0.05) is 18.6 Å². The molecule has 51 valence electrons. The standard InChI is InChI=1S/C7H13N2/c1-2-6-7(8-4-1)3-5-9-6/h6-8H,1-5H2. The van der Waals surface area contributed by atoms with E-state index in [2.05, 4.69) is 10.6 Å². The molecule has 0 aromatic carbocycles. The van der Waals surface area contributed by atoms with Crippen LogP contribution in [0, 0.1) is 0 Å². The van der Waals surface area contributed by atoms with E-state index in [1.54, 1.807) is 0 Å². The number of hydrogen-bond acceptors (Lipinski definition) is 1. The van der Waals surface area contributed by atoms with Gasteiger partial charge in [0.25, 0.3) is 0 Å². The summed E-state index contributed by atoms with van der Waals surface area (Å²) >= 11 is 0. The lowest BCUT2D eigenvalue weighted by Crippen LogP contribution is -2.43. The van der Waals surface area contributed by atoms with Crippen molar-refractivity contribution in [3.05, 3.63) is 0 Å². The average Bonchev–Trinajstić information content (AvgIpc) is 2.33. The summed E-state index contributed by atoms with van der Waals surface area (Å²) in [5.41, 5.74) is 0. The molecule has 0 aromatic heterocycles. The highest BCUT2D eigenvalue weighted by atomic mass is 15.1. The Kier molecular flexibility index (Phi) is 1.44. The number of nitrogens with one attached hydrogen (secondary N) is 1. The highest BCUT2D eigenvalue weighted by molar-refractivity contribution is 4.91. The van der Waals surface area contributed by atoms with Gasteiger partial charge in [0.2, 0.25) is 0 Å². The van der Waals surface area contributed by atoms with Crippen LogP contribution in [0.25, 0.3) is 0 Å². The molecule has 0 amide bonds. The summed E-state index contributed by atoms with van der Waals surface area (Å²) in [6, 6.07) is 1.43. The minimum absolute atomic E-state index is 0.679. The fraction of sp³-hybridized carbons (Fsp3) is 1.00. The van der Waals surface area contributed by atoms with Gasteiger partial charge in [-0.05, 0) is 25.8 Å². The highest BCUT2D eigenvalue weighted by Gasteiger charge is 2.29. The van der Waals surface area contributed by atoms with Crippen LogP contribution in [-0.4, -0.2) is 25.2 Å². The summed E-state index contributed by atoms with van der Waals surface area (Å²) in [5.74, 6) is 0. The molecule has 2 fully saturated rings. The fourth-order valence-electron chi connectivity index (χ4n) is 1.83. The van der Waals surface area contributed by atoms with Gasteiger partial charge in [0.15, 0.2) is 0 Å². The van der Waals surface area contributed by atoms with Gasteiger partial charge in [-0.2, -0.15) is 0 Å². The fourth-order valence-corrected chi connectivity index (χ4v) is 1.83. The zero-order chi connectivity index (χ0) is 6.10. The first kappa shape index (κ1) is 5.69. The molecule has 2 heterocycles. The molecule has 2 unspecified atom stereocenters. The molecule has 1 radical (unpaired) electrons. The molecule has 2 aliphatic heterocycles. The molecule has 2 rings (SSSR count). The molecule has 0 aromatic rings. The molecule has 0 aliphatic carbocycles. The second-order valence-electron chi connectivity index (χ2n) is 2.97. The molecule has 2 atom stereocenters. The van der Waals surface area contributed by atoms with E-state index in [0.29, 0.717) is 6.04 Å². The average molecular weight is 125 g/mol. The van der Waals surface area contributed by atoms with E-state index in [1.807, 2.05) is 0 Å². The van der Waals surface area contributed by atoms with E-state index in [-0.39, 0.29) is 0 Å². The molecule has 0 bridgehead atoms. The Morgan fingerprint density at radius 2 is 2.33 bits per heavy atom. The van der Waals surface area contributed by atoms with Crippen molar-refractivity contribution in [1.82, 2.24) is 10.6 Å². The van der Waals surface area contributed by atoms with E-state index >= 15 is 0 Å². The Bertz CT molecular complexity index is 91.1. The summed E-state index contributed by atoms with van der Waals surface area (Å²) in [6.07, 6.45) is 3.94. The molecular formula is C7H13N2. The molecule has 0 spiro atoms. The molecule has 9 heavy (non-hydrogen) atoms. The van der Waals surface area contributed by atoms with Crippen molar-refractivity contribution < 1.29 is 0 Å². The largest absolute Gasteiger partial charge is 0.312 e. The zero-order valence-electron chi connectivity index (χ0n) is 5.64. The number of nitrogens with zero attached hydrogens (tertiary/aromatic N) is 1. The van der Waals surface area contributed by atoms with Crippen LogP contribution in [0.1, 0.15) is 19.3 Å². The Hall–Kier alpha value is -0.0800. The van der Waals surface area contributed by atoms with Crippen LogP contribution in [0.2, 0.25) is 0 Å². The smallest absolute Gasteiger partial charge is 0.0400 e. The molecule has 2 aliphatic rings. The van der Waals surface area contributed by atoms with Crippen LogP contribution in [-0.2, 0) is 0 Å². The molecular weight excluding hydrogens is 112 g/mol. The third kappa shape index (κ3) is 0.970. The van der Waals surface area contributed by atoms with Gasteiger partial charge in [0.1, 0.15) is 0 Å². The lowest BCUT2D eigenvalue weighted by atomic mass is 10.0. The van der Waals surface area contributed by atoms with Gasteiger partial charge in [-0.3, -0.25) is 0 Å². The Morgan fingerprint density at radius 3 is 3.22 bits per heavy atom. The predicted octanol–water partition coefficient (Wildman–Crippen LogP) is 0.115. The Labute approximate surface area is 56.0 Å². The number of rotatable bonds is 0. The van der Waals surface area contributed by atoms with Crippen molar-refractivity contribution in [1.29, 1.82) is 0 Å². The van der Waals surface area contributed by atoms with Gasteiger partial charge in [0.05, 0.1) is 0 Å². The maximum absolute atomic E-state index is 4.50. The van der Waals surface area contributed by atoms with Crippen molar-refractivity contribution in [2.75, 3.05) is 13.1 Å². The molecule has 1 N–H and O–H groups in total. The monoisotopic (exact) mass is 125 g/mol. The summed E-state index contributed by atoms with van der Waals surface area (Å²) in [4.78, 5) is 0. The number of hydrogen-bond donors (Lipinski definition) is 1. The summed E-state index contributed by atoms with van der Waals surface area (Å²) in [5, 5.41) is 7.98. The topological polar surface area (TPSA) is 26.1 Å². The SMILES string of the molecule is C1CNC2CC[N]C2C1. The van der Waals surface area contributed by atoms with Crippen LogP contribution in [0.15, 0.2) is 0 Å². The van der Waals surface area contributed by atoms with Crippen LogP contribution in [0.3, 0.4) is 0 Å². The van der Waals surface area contributed by atoms with Gasteiger partial charge < -0.3 is 5.32 Å². The van der Waals surface area contributed by atoms with Crippen molar-refractivity contribution >= 4 is 0 Å². The number of fused-ring (bicyclic) bond motifs is 1. The van der Waals surface area contributed by atoms with Crippen LogP contribution >= 0.6 is 0 Å². The van der Waals surface area contributed by atoms with Crippen molar-refractivity contribution in [3.8, 4) is 0 Å². The van der Waals surface area contributed by atoms with E-state index in [0.717, 1.165) is 12.6 Å². The molecule has 2 saturated heterocycles. The first-order valence-electron chi connectivity index (χ1n) is 3.87. The molecule has 0 saturated carbocycles. The van der Waals surface area contributed by atoms with Gasteiger partial charge in [-0.15, -0.1) is 0 Å². The lowest BCUT2D eigenvalue weighted by Gasteiger charge is -2.24. The highest BCUT2D eigenvalue weighted by Crippen LogP contribution is 2.17. The minimum Gasteiger partial charge on any atom is -0.312 e. The van der Waals surface area contributed by atoms with Crippen LogP contribution in [0.5, 0.6) is 0 Å². The third-order valence-electron chi connectivity index (χ3n) is 2.35. The summed E-state index contributed by atoms with van der Waals surface area (Å²) in [6.45, 7) is 2.32. The van der Waals surface area contributed by atoms with E-state index in [9.17, 15) is 0 Å². The van der Waals surface area contributed by atoms with E-state index in [1.165, 1.54) is 25.8 Å². The van der Waals surface area contributed by atoms with Crippen LogP contribution in [0.4, 0.5) is 0 Å². The summed E-state index contributed by atoms with van der Waals surface area (Å²) in [7, 11) is 0. The van der Waals surface area contributed by atoms with Crippen molar-refractivity contribution in [2.24, 2.45) is 0 Å². The Balaban J connectivity index is 1.97. The van der Waals surface area contributed by atoms with Crippen molar-refractivity contribution in [2.45, 2.75) is 31.3 Å². The molecule has 2 nitrogen and oxygen atoms in total.